The number of fused-ring (bicyclic) bond motifs is 5. The molecule has 1 nitrogen and oxygen atoms in total. The predicted molar refractivity (Wildman–Crippen MR) is 195 cm³/mol. The molecule has 3 aromatic rings. The Labute approximate surface area is 271 Å². The van der Waals surface area contributed by atoms with Crippen molar-refractivity contribution in [3.8, 4) is 0 Å². The van der Waals surface area contributed by atoms with E-state index in [1.807, 2.05) is 7.11 Å². The van der Waals surface area contributed by atoms with Crippen LogP contribution in [0.1, 0.15) is 166 Å². The van der Waals surface area contributed by atoms with Gasteiger partial charge in [-0.25, -0.2) is 0 Å². The Kier molecular flexibility index (Phi) is 16.7. The van der Waals surface area contributed by atoms with Crippen LogP contribution in [0.4, 0.5) is 0 Å². The van der Waals surface area contributed by atoms with Crippen LogP contribution in [-0.2, 0) is 17.6 Å². The zero-order valence-electron chi connectivity index (χ0n) is 28.9. The molecule has 0 bridgehead atoms. The van der Waals surface area contributed by atoms with Gasteiger partial charge in [0.25, 0.3) is 0 Å². The third-order valence-corrected chi connectivity index (χ3v) is 10.8. The van der Waals surface area contributed by atoms with Crippen molar-refractivity contribution >= 4 is 21.5 Å². The highest BCUT2D eigenvalue weighted by atomic mass is 16.5. The molecular formula is C43H66O. The molecule has 0 aromatic heterocycles. The zero-order valence-corrected chi connectivity index (χ0v) is 28.9. The van der Waals surface area contributed by atoms with Crippen LogP contribution in [0, 0.1) is 5.92 Å². The molecule has 0 N–H and O–H groups in total. The molecule has 0 heterocycles. The number of aryl methyl sites for hydroxylation is 2. The molecule has 3 aromatic carbocycles. The van der Waals surface area contributed by atoms with E-state index in [1.165, 1.54) is 182 Å². The van der Waals surface area contributed by atoms with Gasteiger partial charge in [-0.2, -0.15) is 0 Å². The third kappa shape index (κ3) is 12.2. The van der Waals surface area contributed by atoms with Crippen molar-refractivity contribution in [3.63, 3.8) is 0 Å². The molecule has 0 aliphatic heterocycles. The minimum atomic E-state index is 0.587. The standard InChI is InChI=1S/C18H16.C7H14O.C7H14.C6H12.C5H10/c1-3-7-15-13(5-1)9-11-18-16-8-4-2-6-14(16)10-12-17(15)18;1-8-7-5-3-2-4-6-7;1-7-5-3-2-4-6-7;1-2-4-6-5-3-1;1-2-4-5-3-1/h1,3,5,7,9-12H,2,4,6,8H2;7H,2-6H2,1H3;7H,2-6H2,1H3;1-6H2;1-5H2. The first-order valence-electron chi connectivity index (χ1n) is 19.2. The van der Waals surface area contributed by atoms with Gasteiger partial charge in [-0.05, 0) is 77.1 Å². The lowest BCUT2D eigenvalue weighted by atomic mass is 9.86. The molecule has 0 saturated heterocycles. The minimum absolute atomic E-state index is 0.587. The second-order valence-electron chi connectivity index (χ2n) is 14.4. The topological polar surface area (TPSA) is 9.23 Å². The molecule has 4 saturated carbocycles. The van der Waals surface area contributed by atoms with Crippen LogP contribution < -0.4 is 0 Å². The summed E-state index contributed by atoms with van der Waals surface area (Å²) < 4.78 is 5.19. The number of benzene rings is 3. The number of hydrogen-bond acceptors (Lipinski definition) is 1. The smallest absolute Gasteiger partial charge is 0.0571 e. The summed E-state index contributed by atoms with van der Waals surface area (Å²) in [5, 5.41) is 5.64. The Morgan fingerprint density at radius 1 is 0.455 bits per heavy atom. The average molecular weight is 599 g/mol. The highest BCUT2D eigenvalue weighted by Gasteiger charge is 2.13. The van der Waals surface area contributed by atoms with E-state index < -0.39 is 0 Å². The fourth-order valence-electron chi connectivity index (χ4n) is 7.89. The van der Waals surface area contributed by atoms with Crippen molar-refractivity contribution in [1.82, 2.24) is 0 Å². The molecular weight excluding hydrogens is 532 g/mol. The second kappa shape index (κ2) is 21.0. The van der Waals surface area contributed by atoms with Gasteiger partial charge < -0.3 is 4.74 Å². The molecule has 1 heteroatoms. The first-order valence-corrected chi connectivity index (χ1v) is 19.2. The maximum Gasteiger partial charge on any atom is 0.0571 e. The molecule has 0 spiro atoms. The van der Waals surface area contributed by atoms with Crippen molar-refractivity contribution in [2.24, 2.45) is 5.92 Å². The quantitative estimate of drug-likeness (QED) is 0.253. The van der Waals surface area contributed by atoms with Gasteiger partial charge in [0, 0.05) is 7.11 Å². The molecule has 0 radical (unpaired) electrons. The van der Waals surface area contributed by atoms with Crippen LogP contribution in [0.25, 0.3) is 21.5 Å². The number of rotatable bonds is 1. The first-order chi connectivity index (χ1) is 21.8. The van der Waals surface area contributed by atoms with Crippen molar-refractivity contribution in [2.75, 3.05) is 7.11 Å². The van der Waals surface area contributed by atoms with Gasteiger partial charge in [-0.15, -0.1) is 0 Å². The minimum Gasteiger partial charge on any atom is -0.381 e. The highest BCUT2D eigenvalue weighted by molar-refractivity contribution is 6.08. The van der Waals surface area contributed by atoms with Crippen molar-refractivity contribution in [1.29, 1.82) is 0 Å². The molecule has 0 atom stereocenters. The molecule has 8 rings (SSSR count). The van der Waals surface area contributed by atoms with E-state index in [9.17, 15) is 0 Å². The Morgan fingerprint density at radius 2 is 0.955 bits per heavy atom. The fraction of sp³-hybridized carbons (Fsp3) is 0.674. The fourth-order valence-corrected chi connectivity index (χ4v) is 7.89. The van der Waals surface area contributed by atoms with Gasteiger partial charge >= 0.3 is 0 Å². The monoisotopic (exact) mass is 599 g/mol. The highest BCUT2D eigenvalue weighted by Crippen LogP contribution is 2.33. The Bertz CT molecular complexity index is 1140. The van der Waals surface area contributed by atoms with Crippen LogP contribution >= 0.6 is 0 Å². The summed E-state index contributed by atoms with van der Waals surface area (Å²) in [6.07, 6.45) is 36.5. The summed E-state index contributed by atoms with van der Waals surface area (Å²) in [7, 11) is 1.82. The summed E-state index contributed by atoms with van der Waals surface area (Å²) in [5.41, 5.74) is 3.17. The normalized spacial score (nSPS) is 20.4. The van der Waals surface area contributed by atoms with E-state index in [0.717, 1.165) is 5.92 Å². The maximum atomic E-state index is 5.19. The molecule has 44 heavy (non-hydrogen) atoms. The van der Waals surface area contributed by atoms with Crippen LogP contribution in [0.5, 0.6) is 0 Å². The van der Waals surface area contributed by atoms with Crippen molar-refractivity contribution in [2.45, 2.75) is 174 Å². The van der Waals surface area contributed by atoms with Crippen molar-refractivity contribution in [3.05, 3.63) is 59.7 Å². The summed E-state index contributed by atoms with van der Waals surface area (Å²) >= 11 is 0. The summed E-state index contributed by atoms with van der Waals surface area (Å²) in [4.78, 5) is 0. The number of hydrogen-bond donors (Lipinski definition) is 0. The van der Waals surface area contributed by atoms with E-state index in [-0.39, 0.29) is 0 Å². The predicted octanol–water partition coefficient (Wildman–Crippen LogP) is 13.7. The molecule has 5 aliphatic rings. The van der Waals surface area contributed by atoms with E-state index >= 15 is 0 Å². The SMILES string of the molecule is C1CCCC1.C1CCCCC1.CC1CCCCC1.COC1CCCCC1.c1ccc2c(c1)ccc1c3c(ccc12)CCCC3. The summed E-state index contributed by atoms with van der Waals surface area (Å²) in [5.74, 6) is 1.04. The Morgan fingerprint density at radius 3 is 1.48 bits per heavy atom. The van der Waals surface area contributed by atoms with E-state index in [1.54, 1.807) is 11.1 Å². The Hall–Kier alpha value is -1.86. The summed E-state index contributed by atoms with van der Waals surface area (Å²) in [6.45, 7) is 2.36. The molecule has 4 fully saturated rings. The molecule has 0 amide bonds. The summed E-state index contributed by atoms with van der Waals surface area (Å²) in [6, 6.07) is 18.0. The van der Waals surface area contributed by atoms with E-state index in [0.29, 0.717) is 6.10 Å². The van der Waals surface area contributed by atoms with Crippen LogP contribution in [0.3, 0.4) is 0 Å². The van der Waals surface area contributed by atoms with Gasteiger partial charge in [0.15, 0.2) is 0 Å². The Balaban J connectivity index is 0.000000141. The second-order valence-corrected chi connectivity index (χ2v) is 14.4. The average Bonchev–Trinajstić information content (AvgIpc) is 3.71. The lowest BCUT2D eigenvalue weighted by molar-refractivity contribution is 0.0710. The van der Waals surface area contributed by atoms with Crippen LogP contribution in [0.2, 0.25) is 0 Å². The number of ether oxygens (including phenoxy) is 1. The molecule has 5 aliphatic carbocycles. The molecule has 0 unspecified atom stereocenters. The largest absolute Gasteiger partial charge is 0.381 e. The van der Waals surface area contributed by atoms with Crippen molar-refractivity contribution < 1.29 is 4.74 Å². The first kappa shape index (κ1) is 35.0. The third-order valence-electron chi connectivity index (χ3n) is 10.8. The lowest BCUT2D eigenvalue weighted by Gasteiger charge is -2.19. The zero-order chi connectivity index (χ0) is 30.7. The van der Waals surface area contributed by atoms with E-state index in [2.05, 4.69) is 55.5 Å². The van der Waals surface area contributed by atoms with Gasteiger partial charge in [-0.1, -0.05) is 177 Å². The van der Waals surface area contributed by atoms with Gasteiger partial charge in [0.05, 0.1) is 6.10 Å². The van der Waals surface area contributed by atoms with Gasteiger partial charge in [-0.3, -0.25) is 0 Å². The molecule has 244 valence electrons. The van der Waals surface area contributed by atoms with Gasteiger partial charge in [0.1, 0.15) is 0 Å². The maximum absolute atomic E-state index is 5.19. The van der Waals surface area contributed by atoms with E-state index in [4.69, 9.17) is 4.74 Å². The van der Waals surface area contributed by atoms with Crippen LogP contribution in [0.15, 0.2) is 48.5 Å². The van der Waals surface area contributed by atoms with Crippen LogP contribution in [-0.4, -0.2) is 13.2 Å². The lowest BCUT2D eigenvalue weighted by Crippen LogP contribution is -2.13. The van der Waals surface area contributed by atoms with Gasteiger partial charge in [0.2, 0.25) is 0 Å². The number of methoxy groups -OCH3 is 1.